The number of nitrogens with one attached hydrogen (secondary N) is 2. The van der Waals surface area contributed by atoms with Crippen LogP contribution in [-0.4, -0.2) is 16.6 Å². The molecule has 2 aromatic rings. The predicted molar refractivity (Wildman–Crippen MR) is 90.8 cm³/mol. The van der Waals surface area contributed by atoms with Crippen molar-refractivity contribution < 1.29 is 4.79 Å². The number of hydrogen-bond acceptors (Lipinski definition) is 4. The number of halogens is 2. The predicted octanol–water partition coefficient (Wildman–Crippen LogP) is 4.18. The number of nitrogens with zero attached hydrogens (tertiary/aromatic N) is 2. The number of amides is 1. The topological polar surface area (TPSA) is 66.4 Å². The minimum absolute atomic E-state index is 0.123. The molecule has 0 aliphatic carbocycles. The molecule has 0 bridgehead atoms. The Kier molecular flexibility index (Phi) is 5.35. The molecule has 1 aromatic carbocycles. The molecule has 0 atom stereocenters. The van der Waals surface area contributed by atoms with Crippen molar-refractivity contribution in [1.82, 2.24) is 4.98 Å². The van der Waals surface area contributed by atoms with Crippen LogP contribution in [-0.2, 0) is 4.79 Å². The fraction of sp³-hybridized carbons (Fsp3) is 0.133. The van der Waals surface area contributed by atoms with Crippen LogP contribution in [0.5, 0.6) is 0 Å². The van der Waals surface area contributed by atoms with Crippen molar-refractivity contribution >= 4 is 46.3 Å². The van der Waals surface area contributed by atoms with Crippen LogP contribution >= 0.6 is 23.2 Å². The third-order valence-electron chi connectivity index (χ3n) is 2.74. The van der Waals surface area contributed by atoms with Crippen LogP contribution in [0.15, 0.2) is 41.6 Å². The zero-order chi connectivity index (χ0) is 16.1. The maximum absolute atomic E-state index is 11.1. The first-order chi connectivity index (χ1) is 10.5. The number of benzene rings is 1. The molecular weight excluding hydrogens is 323 g/mol. The van der Waals surface area contributed by atoms with Crippen LogP contribution in [0.25, 0.3) is 0 Å². The first-order valence-corrected chi connectivity index (χ1v) is 7.20. The number of hydrazone groups is 1. The van der Waals surface area contributed by atoms with Gasteiger partial charge in [-0.1, -0.05) is 35.3 Å². The zero-order valence-electron chi connectivity index (χ0n) is 12.0. The molecule has 22 heavy (non-hydrogen) atoms. The van der Waals surface area contributed by atoms with Crippen LogP contribution in [0.2, 0.25) is 10.0 Å². The van der Waals surface area contributed by atoms with Gasteiger partial charge in [-0.3, -0.25) is 10.2 Å². The molecule has 2 rings (SSSR count). The van der Waals surface area contributed by atoms with Gasteiger partial charge in [0.1, 0.15) is 0 Å². The van der Waals surface area contributed by atoms with E-state index in [9.17, 15) is 4.79 Å². The highest BCUT2D eigenvalue weighted by atomic mass is 35.5. The van der Waals surface area contributed by atoms with Gasteiger partial charge in [0, 0.05) is 18.8 Å². The second-order valence-electron chi connectivity index (χ2n) is 4.55. The lowest BCUT2D eigenvalue weighted by atomic mass is 10.1. The van der Waals surface area contributed by atoms with Crippen molar-refractivity contribution in [1.29, 1.82) is 0 Å². The fourth-order valence-corrected chi connectivity index (χ4v) is 2.15. The van der Waals surface area contributed by atoms with Crippen molar-refractivity contribution in [2.75, 3.05) is 10.7 Å². The van der Waals surface area contributed by atoms with E-state index < -0.39 is 0 Å². The van der Waals surface area contributed by atoms with Gasteiger partial charge in [0.15, 0.2) is 5.82 Å². The number of anilines is 2. The van der Waals surface area contributed by atoms with Gasteiger partial charge in [-0.15, -0.1) is 0 Å². The molecule has 2 N–H and O–H groups in total. The number of carbonyl (C=O) groups is 1. The average Bonchev–Trinajstić information content (AvgIpc) is 2.45. The van der Waals surface area contributed by atoms with Gasteiger partial charge in [-0.2, -0.15) is 5.10 Å². The number of aromatic nitrogens is 1. The van der Waals surface area contributed by atoms with Crippen LogP contribution in [0.3, 0.4) is 0 Å². The van der Waals surface area contributed by atoms with Crippen molar-refractivity contribution in [2.24, 2.45) is 5.10 Å². The SMILES string of the molecule is CC(=O)Nc1cccc(/C(C)=N/Nc2ncc(Cl)cc2Cl)c1. The summed E-state index contributed by atoms with van der Waals surface area (Å²) in [7, 11) is 0. The molecule has 0 aliphatic rings. The van der Waals surface area contributed by atoms with Crippen molar-refractivity contribution in [3.05, 3.63) is 52.1 Å². The van der Waals surface area contributed by atoms with E-state index in [1.54, 1.807) is 6.07 Å². The largest absolute Gasteiger partial charge is 0.326 e. The molecule has 1 amide bonds. The summed E-state index contributed by atoms with van der Waals surface area (Å²) < 4.78 is 0. The van der Waals surface area contributed by atoms with Gasteiger partial charge in [0.05, 0.1) is 15.8 Å². The summed E-state index contributed by atoms with van der Waals surface area (Å²) in [4.78, 5) is 15.1. The maximum atomic E-state index is 11.1. The monoisotopic (exact) mass is 336 g/mol. The molecule has 0 radical (unpaired) electrons. The van der Waals surface area contributed by atoms with Crippen LogP contribution in [0, 0.1) is 0 Å². The molecule has 1 aromatic heterocycles. The highest BCUT2D eigenvalue weighted by molar-refractivity contribution is 6.35. The smallest absolute Gasteiger partial charge is 0.221 e. The Bertz CT molecular complexity index is 731. The lowest BCUT2D eigenvalue weighted by Crippen LogP contribution is -2.07. The molecule has 7 heteroatoms. The van der Waals surface area contributed by atoms with E-state index in [4.69, 9.17) is 23.2 Å². The van der Waals surface area contributed by atoms with E-state index in [1.165, 1.54) is 13.1 Å². The summed E-state index contributed by atoms with van der Waals surface area (Å²) in [6.45, 7) is 3.30. The lowest BCUT2D eigenvalue weighted by molar-refractivity contribution is -0.114. The van der Waals surface area contributed by atoms with Crippen molar-refractivity contribution in [3.63, 3.8) is 0 Å². The number of pyridine rings is 1. The summed E-state index contributed by atoms with van der Waals surface area (Å²) in [5.74, 6) is 0.297. The molecule has 0 saturated heterocycles. The Morgan fingerprint density at radius 2 is 2.00 bits per heavy atom. The van der Waals surface area contributed by atoms with E-state index in [0.29, 0.717) is 21.6 Å². The Morgan fingerprint density at radius 3 is 2.68 bits per heavy atom. The van der Waals surface area contributed by atoms with Gasteiger partial charge >= 0.3 is 0 Å². The van der Waals surface area contributed by atoms with Crippen molar-refractivity contribution in [3.8, 4) is 0 Å². The third kappa shape index (κ3) is 4.44. The van der Waals surface area contributed by atoms with E-state index in [0.717, 1.165) is 11.3 Å². The molecule has 0 spiro atoms. The molecule has 0 aliphatic heterocycles. The quantitative estimate of drug-likeness (QED) is 0.650. The van der Waals surface area contributed by atoms with Crippen LogP contribution < -0.4 is 10.7 Å². The van der Waals surface area contributed by atoms with Crippen LogP contribution in [0.1, 0.15) is 19.4 Å². The van der Waals surface area contributed by atoms with E-state index in [2.05, 4.69) is 20.8 Å². The summed E-state index contributed by atoms with van der Waals surface area (Å²) >= 11 is 11.8. The zero-order valence-corrected chi connectivity index (χ0v) is 13.5. The number of carbonyl (C=O) groups excluding carboxylic acids is 1. The number of hydrogen-bond donors (Lipinski definition) is 2. The molecular formula is C15H14Cl2N4O. The van der Waals surface area contributed by atoms with Crippen LogP contribution in [0.4, 0.5) is 11.5 Å². The highest BCUT2D eigenvalue weighted by Crippen LogP contribution is 2.22. The van der Waals surface area contributed by atoms with Gasteiger partial charge in [-0.05, 0) is 30.7 Å². The fourth-order valence-electron chi connectivity index (χ4n) is 1.72. The standard InChI is InChI=1S/C15H14Cl2N4O/c1-9(11-4-3-5-13(6-11)19-10(2)22)20-21-15-14(17)7-12(16)8-18-15/h3-8H,1-2H3,(H,18,21)(H,19,22)/b20-9+. The molecule has 5 nitrogen and oxygen atoms in total. The van der Waals surface area contributed by atoms with E-state index in [-0.39, 0.29) is 5.91 Å². The van der Waals surface area contributed by atoms with E-state index in [1.807, 2.05) is 31.2 Å². The van der Waals surface area contributed by atoms with Gasteiger partial charge in [-0.25, -0.2) is 4.98 Å². The Labute approximate surface area is 138 Å². The molecule has 0 fully saturated rings. The Morgan fingerprint density at radius 1 is 1.23 bits per heavy atom. The third-order valence-corrected chi connectivity index (χ3v) is 3.23. The minimum Gasteiger partial charge on any atom is -0.326 e. The van der Waals surface area contributed by atoms with Crippen molar-refractivity contribution in [2.45, 2.75) is 13.8 Å². The van der Waals surface area contributed by atoms with Gasteiger partial charge in [0.2, 0.25) is 5.91 Å². The minimum atomic E-state index is -0.123. The van der Waals surface area contributed by atoms with E-state index >= 15 is 0 Å². The Balaban J connectivity index is 2.16. The number of rotatable bonds is 4. The second kappa shape index (κ2) is 7.24. The second-order valence-corrected chi connectivity index (χ2v) is 5.40. The highest BCUT2D eigenvalue weighted by Gasteiger charge is 2.04. The Hall–Kier alpha value is -2.11. The summed E-state index contributed by atoms with van der Waals surface area (Å²) in [5, 5.41) is 7.81. The molecule has 1 heterocycles. The molecule has 114 valence electrons. The van der Waals surface area contributed by atoms with Gasteiger partial charge < -0.3 is 5.32 Å². The normalized spacial score (nSPS) is 11.2. The average molecular weight is 337 g/mol. The maximum Gasteiger partial charge on any atom is 0.221 e. The molecule has 0 saturated carbocycles. The summed E-state index contributed by atoms with van der Waals surface area (Å²) in [6.07, 6.45) is 1.48. The summed E-state index contributed by atoms with van der Waals surface area (Å²) in [5.41, 5.74) is 5.09. The summed E-state index contributed by atoms with van der Waals surface area (Å²) in [6, 6.07) is 8.96. The first kappa shape index (κ1) is 16.3. The molecule has 0 unspecified atom stereocenters. The van der Waals surface area contributed by atoms with Gasteiger partial charge in [0.25, 0.3) is 0 Å². The first-order valence-electron chi connectivity index (χ1n) is 6.45. The lowest BCUT2D eigenvalue weighted by Gasteiger charge is -2.07.